The van der Waals surface area contributed by atoms with Crippen LogP contribution in [0.4, 0.5) is 16.2 Å². The Morgan fingerprint density at radius 2 is 1.88 bits per heavy atom. The second-order valence-electron chi connectivity index (χ2n) is 5.70. The fraction of sp³-hybridized carbons (Fsp3) is 0.235. The molecule has 3 aromatic rings. The van der Waals surface area contributed by atoms with Gasteiger partial charge in [0.2, 0.25) is 5.95 Å². The van der Waals surface area contributed by atoms with Crippen LogP contribution in [0.1, 0.15) is 0 Å². The van der Waals surface area contributed by atoms with Crippen molar-refractivity contribution in [1.82, 2.24) is 15.0 Å². The highest BCUT2D eigenvalue weighted by Crippen LogP contribution is 2.29. The van der Waals surface area contributed by atoms with Gasteiger partial charge in [0.25, 0.3) is 0 Å². The highest BCUT2D eigenvalue weighted by Gasteiger charge is 2.18. The summed E-state index contributed by atoms with van der Waals surface area (Å²) < 4.78 is 18.8. The molecule has 1 fully saturated rings. The lowest BCUT2D eigenvalue weighted by molar-refractivity contribution is 0.122. The van der Waals surface area contributed by atoms with Gasteiger partial charge in [-0.1, -0.05) is 11.6 Å². The van der Waals surface area contributed by atoms with Gasteiger partial charge in [0.05, 0.1) is 29.4 Å². The number of nitrogens with zero attached hydrogens (tertiary/aromatic N) is 4. The predicted octanol–water partition coefficient (Wildman–Crippen LogP) is 2.90. The average Bonchev–Trinajstić information content (AvgIpc) is 2.63. The third kappa shape index (κ3) is 3.08. The minimum atomic E-state index is -0.462. The van der Waals surface area contributed by atoms with Crippen molar-refractivity contribution in [2.75, 3.05) is 36.9 Å². The number of morpholine rings is 1. The quantitative estimate of drug-likeness (QED) is 0.758. The molecule has 0 unspecified atom stereocenters. The van der Waals surface area contributed by atoms with Crippen LogP contribution >= 0.6 is 11.6 Å². The number of pyridine rings is 1. The minimum Gasteiger partial charge on any atom is -0.378 e. The Morgan fingerprint density at radius 1 is 1.08 bits per heavy atom. The summed E-state index contributed by atoms with van der Waals surface area (Å²) >= 11 is 5.89. The first-order valence-electron chi connectivity index (χ1n) is 7.84. The molecule has 2 N–H and O–H groups in total. The van der Waals surface area contributed by atoms with Crippen molar-refractivity contribution in [3.05, 3.63) is 41.2 Å². The molecule has 0 radical (unpaired) electrons. The maximum atomic E-state index is 13.4. The molecule has 6 nitrogen and oxygen atoms in total. The number of nitrogen functional groups attached to an aromatic ring is 1. The van der Waals surface area contributed by atoms with Gasteiger partial charge in [-0.15, -0.1) is 0 Å². The van der Waals surface area contributed by atoms with Gasteiger partial charge in [0.1, 0.15) is 11.3 Å². The second kappa shape index (κ2) is 6.42. The SMILES string of the molecule is Nc1nc(N2CCOCC2)c2nc(-c3ccc(F)c(Cl)c3)ccc2n1. The molecule has 0 spiro atoms. The number of aromatic nitrogens is 3. The smallest absolute Gasteiger partial charge is 0.222 e. The van der Waals surface area contributed by atoms with Crippen LogP contribution in [0.25, 0.3) is 22.3 Å². The van der Waals surface area contributed by atoms with Gasteiger partial charge < -0.3 is 15.4 Å². The van der Waals surface area contributed by atoms with E-state index in [1.807, 2.05) is 6.07 Å². The van der Waals surface area contributed by atoms with Crippen molar-refractivity contribution in [3.63, 3.8) is 0 Å². The summed E-state index contributed by atoms with van der Waals surface area (Å²) in [6.45, 7) is 2.66. The molecular formula is C17H15ClFN5O. The zero-order valence-electron chi connectivity index (χ0n) is 13.2. The predicted molar refractivity (Wildman–Crippen MR) is 95.2 cm³/mol. The van der Waals surface area contributed by atoms with Crippen LogP contribution in [-0.4, -0.2) is 41.3 Å². The van der Waals surface area contributed by atoms with E-state index in [0.717, 1.165) is 5.56 Å². The van der Waals surface area contributed by atoms with Gasteiger partial charge >= 0.3 is 0 Å². The van der Waals surface area contributed by atoms with Crippen molar-refractivity contribution in [2.45, 2.75) is 0 Å². The van der Waals surface area contributed by atoms with Crippen LogP contribution in [0.2, 0.25) is 5.02 Å². The molecule has 1 saturated heterocycles. The molecular weight excluding hydrogens is 345 g/mol. The Labute approximate surface area is 148 Å². The van der Waals surface area contributed by atoms with E-state index in [-0.39, 0.29) is 11.0 Å². The van der Waals surface area contributed by atoms with E-state index >= 15 is 0 Å². The number of rotatable bonds is 2. The molecule has 25 heavy (non-hydrogen) atoms. The van der Waals surface area contributed by atoms with Crippen molar-refractivity contribution >= 4 is 34.4 Å². The highest BCUT2D eigenvalue weighted by molar-refractivity contribution is 6.31. The van der Waals surface area contributed by atoms with Gasteiger partial charge in [-0.3, -0.25) is 0 Å². The molecule has 1 aliphatic heterocycles. The summed E-state index contributed by atoms with van der Waals surface area (Å²) in [5.74, 6) is 0.422. The number of hydrogen-bond acceptors (Lipinski definition) is 6. The lowest BCUT2D eigenvalue weighted by Gasteiger charge is -2.28. The second-order valence-corrected chi connectivity index (χ2v) is 6.11. The van der Waals surface area contributed by atoms with Crippen molar-refractivity contribution in [2.24, 2.45) is 0 Å². The fourth-order valence-corrected chi connectivity index (χ4v) is 3.01. The molecule has 4 rings (SSSR count). The molecule has 3 heterocycles. The molecule has 128 valence electrons. The molecule has 0 aliphatic carbocycles. The van der Waals surface area contributed by atoms with Crippen LogP contribution in [0, 0.1) is 5.82 Å². The molecule has 0 bridgehead atoms. The van der Waals surface area contributed by atoms with Crippen LogP contribution in [-0.2, 0) is 4.74 Å². The molecule has 8 heteroatoms. The Kier molecular flexibility index (Phi) is 4.10. The minimum absolute atomic E-state index is 0.0568. The van der Waals surface area contributed by atoms with Crippen LogP contribution in [0.3, 0.4) is 0 Å². The van der Waals surface area contributed by atoms with Crippen LogP contribution in [0.15, 0.2) is 30.3 Å². The van der Waals surface area contributed by atoms with Crippen molar-refractivity contribution in [1.29, 1.82) is 0 Å². The maximum absolute atomic E-state index is 13.4. The Balaban J connectivity index is 1.85. The highest BCUT2D eigenvalue weighted by atomic mass is 35.5. The number of halogens is 2. The van der Waals surface area contributed by atoms with E-state index in [1.54, 1.807) is 18.2 Å². The van der Waals surface area contributed by atoms with Gasteiger partial charge in [0.15, 0.2) is 5.82 Å². The third-order valence-corrected chi connectivity index (χ3v) is 4.36. The third-order valence-electron chi connectivity index (χ3n) is 4.07. The standard InChI is InChI=1S/C17H15ClFN5O/c18-11-9-10(1-2-12(11)19)13-3-4-14-15(21-13)16(23-17(20)22-14)24-5-7-25-8-6-24/h1-4,9H,5-8H2,(H2,20,22,23). The van der Waals surface area contributed by atoms with Gasteiger partial charge in [-0.05, 0) is 30.3 Å². The van der Waals surface area contributed by atoms with Crippen LogP contribution in [0.5, 0.6) is 0 Å². The van der Waals surface area contributed by atoms with Crippen LogP contribution < -0.4 is 10.6 Å². The van der Waals surface area contributed by atoms with E-state index in [9.17, 15) is 4.39 Å². The monoisotopic (exact) mass is 359 g/mol. The number of benzene rings is 1. The first kappa shape index (κ1) is 16.0. The van der Waals surface area contributed by atoms with E-state index in [4.69, 9.17) is 22.1 Å². The van der Waals surface area contributed by atoms with E-state index < -0.39 is 5.82 Å². The lowest BCUT2D eigenvalue weighted by atomic mass is 10.1. The summed E-state index contributed by atoms with van der Waals surface area (Å²) in [7, 11) is 0. The Morgan fingerprint density at radius 3 is 2.64 bits per heavy atom. The summed E-state index contributed by atoms with van der Waals surface area (Å²) in [5.41, 5.74) is 8.54. The van der Waals surface area contributed by atoms with Gasteiger partial charge in [0, 0.05) is 18.7 Å². The molecule has 2 aromatic heterocycles. The summed E-state index contributed by atoms with van der Waals surface area (Å²) in [6, 6.07) is 8.16. The van der Waals surface area contributed by atoms with E-state index in [0.29, 0.717) is 48.8 Å². The summed E-state index contributed by atoms with van der Waals surface area (Å²) in [4.78, 5) is 15.4. The fourth-order valence-electron chi connectivity index (χ4n) is 2.83. The molecule has 0 atom stereocenters. The van der Waals surface area contributed by atoms with Crippen molar-refractivity contribution < 1.29 is 9.13 Å². The normalized spacial score (nSPS) is 14.9. The number of fused-ring (bicyclic) bond motifs is 1. The van der Waals surface area contributed by atoms with Crippen molar-refractivity contribution in [3.8, 4) is 11.3 Å². The summed E-state index contributed by atoms with van der Waals surface area (Å²) in [5, 5.41) is 0.0568. The molecule has 0 saturated carbocycles. The zero-order valence-corrected chi connectivity index (χ0v) is 14.0. The lowest BCUT2D eigenvalue weighted by Crippen LogP contribution is -2.37. The Hall–Kier alpha value is -2.51. The average molecular weight is 360 g/mol. The molecule has 1 aromatic carbocycles. The molecule has 1 aliphatic rings. The van der Waals surface area contributed by atoms with Gasteiger partial charge in [-0.2, -0.15) is 4.98 Å². The first-order chi connectivity index (χ1) is 12.1. The van der Waals surface area contributed by atoms with E-state index in [2.05, 4.69) is 19.9 Å². The summed E-state index contributed by atoms with van der Waals surface area (Å²) in [6.07, 6.45) is 0. The molecule has 0 amide bonds. The number of nitrogens with two attached hydrogens (primary N) is 1. The maximum Gasteiger partial charge on any atom is 0.222 e. The largest absolute Gasteiger partial charge is 0.378 e. The topological polar surface area (TPSA) is 77.2 Å². The number of anilines is 2. The number of ether oxygens (including phenoxy) is 1. The first-order valence-corrected chi connectivity index (χ1v) is 8.22. The zero-order chi connectivity index (χ0) is 17.4. The number of hydrogen-bond donors (Lipinski definition) is 1. The van der Waals surface area contributed by atoms with E-state index in [1.165, 1.54) is 6.07 Å². The Bertz CT molecular complexity index is 946. The van der Waals surface area contributed by atoms with Gasteiger partial charge in [-0.25, -0.2) is 14.4 Å².